The summed E-state index contributed by atoms with van der Waals surface area (Å²) in [6.45, 7) is 3.12. The maximum Gasteiger partial charge on any atom is 0.273 e. The molecule has 2 aliphatic rings. The number of carbonyl (C=O) groups excluding carboxylic acids is 1. The first-order valence-electron chi connectivity index (χ1n) is 8.17. The largest absolute Gasteiger partial charge is 0.451 e. The van der Waals surface area contributed by atoms with E-state index in [0.717, 1.165) is 50.4 Å². The molecule has 4 rings (SSSR count). The molecular weight excluding hydrogens is 296 g/mol. The van der Waals surface area contributed by atoms with Crippen LogP contribution >= 0.6 is 0 Å². The summed E-state index contributed by atoms with van der Waals surface area (Å²) >= 11 is 0. The molecule has 0 spiro atoms. The number of likely N-dealkylation sites (tertiary alicyclic amines) is 1. The standard InChI is InChI=1S/C16H20N4O3/c21-16(14-9-22-10-17-14)18-11-3-4-15-12(7-11)13(19-23-15)8-20-5-1-2-6-20/h9-11H,1-8H2,(H,18,21). The van der Waals surface area contributed by atoms with Crippen LogP contribution in [0.1, 0.15) is 46.8 Å². The Morgan fingerprint density at radius 1 is 1.39 bits per heavy atom. The molecule has 1 amide bonds. The Hall–Kier alpha value is -2.15. The minimum atomic E-state index is -0.190. The zero-order valence-corrected chi connectivity index (χ0v) is 13.0. The van der Waals surface area contributed by atoms with E-state index in [1.807, 2.05) is 0 Å². The van der Waals surface area contributed by atoms with E-state index in [9.17, 15) is 4.79 Å². The molecule has 7 heteroatoms. The molecule has 2 aromatic heterocycles. The zero-order valence-electron chi connectivity index (χ0n) is 13.0. The summed E-state index contributed by atoms with van der Waals surface area (Å²) in [7, 11) is 0. The summed E-state index contributed by atoms with van der Waals surface area (Å²) in [6.07, 6.45) is 7.59. The Morgan fingerprint density at radius 3 is 3.04 bits per heavy atom. The Labute approximate surface area is 134 Å². The molecule has 122 valence electrons. The summed E-state index contributed by atoms with van der Waals surface area (Å²) in [6, 6.07) is 0.0865. The van der Waals surface area contributed by atoms with Gasteiger partial charge in [-0.3, -0.25) is 9.69 Å². The monoisotopic (exact) mass is 316 g/mol. The predicted molar refractivity (Wildman–Crippen MR) is 80.8 cm³/mol. The van der Waals surface area contributed by atoms with Crippen LogP contribution in [-0.4, -0.2) is 40.1 Å². The Balaban J connectivity index is 1.43. The predicted octanol–water partition coefficient (Wildman–Crippen LogP) is 1.55. The molecule has 1 aliphatic carbocycles. The molecule has 1 N–H and O–H groups in total. The molecule has 0 radical (unpaired) electrons. The number of hydrogen-bond acceptors (Lipinski definition) is 6. The number of rotatable bonds is 4. The van der Waals surface area contributed by atoms with Crippen LogP contribution in [0.4, 0.5) is 0 Å². The molecular formula is C16H20N4O3. The molecule has 0 bridgehead atoms. The van der Waals surface area contributed by atoms with Crippen molar-refractivity contribution in [2.24, 2.45) is 0 Å². The van der Waals surface area contributed by atoms with Gasteiger partial charge in [0, 0.05) is 24.6 Å². The number of nitrogens with zero attached hydrogens (tertiary/aromatic N) is 3. The van der Waals surface area contributed by atoms with Crippen LogP contribution in [0.2, 0.25) is 0 Å². The molecule has 1 fully saturated rings. The number of nitrogens with one attached hydrogen (secondary N) is 1. The minimum absolute atomic E-state index is 0.0865. The molecule has 7 nitrogen and oxygen atoms in total. The van der Waals surface area contributed by atoms with Crippen LogP contribution in [0.25, 0.3) is 0 Å². The van der Waals surface area contributed by atoms with Crippen molar-refractivity contribution in [2.75, 3.05) is 13.1 Å². The number of oxazole rings is 1. The van der Waals surface area contributed by atoms with E-state index >= 15 is 0 Å². The van der Waals surface area contributed by atoms with Crippen molar-refractivity contribution in [3.05, 3.63) is 35.4 Å². The summed E-state index contributed by atoms with van der Waals surface area (Å²) in [5.41, 5.74) is 2.52. The van der Waals surface area contributed by atoms with Gasteiger partial charge in [-0.15, -0.1) is 0 Å². The van der Waals surface area contributed by atoms with E-state index in [1.165, 1.54) is 31.1 Å². The first kappa shape index (κ1) is 14.4. The molecule has 1 saturated heterocycles. The Kier molecular flexibility index (Phi) is 3.87. The van der Waals surface area contributed by atoms with Gasteiger partial charge in [0.15, 0.2) is 12.1 Å². The van der Waals surface area contributed by atoms with E-state index in [2.05, 4.69) is 20.4 Å². The van der Waals surface area contributed by atoms with Crippen molar-refractivity contribution >= 4 is 5.91 Å². The number of fused-ring (bicyclic) bond motifs is 1. The quantitative estimate of drug-likeness (QED) is 0.921. The molecule has 0 aromatic carbocycles. The second-order valence-corrected chi connectivity index (χ2v) is 6.30. The molecule has 2 aromatic rings. The SMILES string of the molecule is O=C(NC1CCc2onc(CN3CCCC3)c2C1)c1cocn1. The van der Waals surface area contributed by atoms with Crippen LogP contribution in [0.15, 0.2) is 21.6 Å². The van der Waals surface area contributed by atoms with E-state index in [0.29, 0.717) is 5.69 Å². The molecule has 0 saturated carbocycles. The first-order chi connectivity index (χ1) is 11.3. The lowest BCUT2D eigenvalue weighted by Gasteiger charge is -2.23. The van der Waals surface area contributed by atoms with E-state index in [-0.39, 0.29) is 11.9 Å². The fourth-order valence-corrected chi connectivity index (χ4v) is 3.45. The third-order valence-electron chi connectivity index (χ3n) is 4.69. The van der Waals surface area contributed by atoms with Crippen LogP contribution in [-0.2, 0) is 19.4 Å². The third-order valence-corrected chi connectivity index (χ3v) is 4.69. The van der Waals surface area contributed by atoms with Crippen LogP contribution < -0.4 is 5.32 Å². The molecule has 1 aliphatic heterocycles. The molecule has 1 unspecified atom stereocenters. The summed E-state index contributed by atoms with van der Waals surface area (Å²) in [5.74, 6) is 0.788. The fraction of sp³-hybridized carbons (Fsp3) is 0.562. The van der Waals surface area contributed by atoms with Crippen molar-refractivity contribution in [3.63, 3.8) is 0 Å². The molecule has 23 heavy (non-hydrogen) atoms. The Morgan fingerprint density at radius 2 is 2.26 bits per heavy atom. The summed E-state index contributed by atoms with van der Waals surface area (Å²) in [5, 5.41) is 7.30. The normalized spacial score (nSPS) is 21.3. The van der Waals surface area contributed by atoms with Gasteiger partial charge >= 0.3 is 0 Å². The van der Waals surface area contributed by atoms with Gasteiger partial charge in [0.1, 0.15) is 17.7 Å². The van der Waals surface area contributed by atoms with Gasteiger partial charge in [-0.1, -0.05) is 5.16 Å². The highest BCUT2D eigenvalue weighted by Crippen LogP contribution is 2.26. The number of amides is 1. The fourth-order valence-electron chi connectivity index (χ4n) is 3.45. The lowest BCUT2D eigenvalue weighted by molar-refractivity contribution is 0.0927. The van der Waals surface area contributed by atoms with Gasteiger partial charge in [-0.25, -0.2) is 4.98 Å². The van der Waals surface area contributed by atoms with Gasteiger partial charge in [0.25, 0.3) is 5.91 Å². The number of carbonyl (C=O) groups is 1. The van der Waals surface area contributed by atoms with Crippen molar-refractivity contribution in [2.45, 2.75) is 44.7 Å². The average Bonchev–Trinajstić information content (AvgIpc) is 3.29. The number of aryl methyl sites for hydroxylation is 1. The van der Waals surface area contributed by atoms with E-state index < -0.39 is 0 Å². The molecule has 3 heterocycles. The first-order valence-corrected chi connectivity index (χ1v) is 8.17. The van der Waals surface area contributed by atoms with Crippen molar-refractivity contribution < 1.29 is 13.7 Å². The lowest BCUT2D eigenvalue weighted by atomic mass is 9.92. The van der Waals surface area contributed by atoms with Gasteiger partial charge < -0.3 is 14.3 Å². The van der Waals surface area contributed by atoms with Gasteiger partial charge in [-0.2, -0.15) is 0 Å². The van der Waals surface area contributed by atoms with E-state index in [1.54, 1.807) is 0 Å². The Bertz CT molecular complexity index is 674. The highest BCUT2D eigenvalue weighted by atomic mass is 16.5. The van der Waals surface area contributed by atoms with Gasteiger partial charge in [-0.05, 0) is 38.8 Å². The smallest absolute Gasteiger partial charge is 0.273 e. The summed E-state index contributed by atoms with van der Waals surface area (Å²) in [4.78, 5) is 18.4. The summed E-state index contributed by atoms with van der Waals surface area (Å²) < 4.78 is 10.4. The average molecular weight is 316 g/mol. The highest BCUT2D eigenvalue weighted by molar-refractivity contribution is 5.92. The van der Waals surface area contributed by atoms with E-state index in [4.69, 9.17) is 8.94 Å². The van der Waals surface area contributed by atoms with Crippen LogP contribution in [0, 0.1) is 0 Å². The van der Waals surface area contributed by atoms with Gasteiger partial charge in [0.2, 0.25) is 0 Å². The van der Waals surface area contributed by atoms with Gasteiger partial charge in [0.05, 0.1) is 0 Å². The number of hydrogen-bond donors (Lipinski definition) is 1. The zero-order chi connectivity index (χ0) is 15.6. The topological polar surface area (TPSA) is 84.4 Å². The number of aromatic nitrogens is 2. The van der Waals surface area contributed by atoms with Crippen molar-refractivity contribution in [3.8, 4) is 0 Å². The maximum atomic E-state index is 12.1. The molecule has 1 atom stereocenters. The minimum Gasteiger partial charge on any atom is -0.451 e. The second-order valence-electron chi connectivity index (χ2n) is 6.30. The second kappa shape index (κ2) is 6.16. The lowest BCUT2D eigenvalue weighted by Crippen LogP contribution is -2.39. The highest BCUT2D eigenvalue weighted by Gasteiger charge is 2.28. The third kappa shape index (κ3) is 3.01. The van der Waals surface area contributed by atoms with Crippen molar-refractivity contribution in [1.82, 2.24) is 20.4 Å². The van der Waals surface area contributed by atoms with Crippen molar-refractivity contribution in [1.29, 1.82) is 0 Å². The maximum absolute atomic E-state index is 12.1. The van der Waals surface area contributed by atoms with Crippen LogP contribution in [0.5, 0.6) is 0 Å². The van der Waals surface area contributed by atoms with Crippen LogP contribution in [0.3, 0.4) is 0 Å².